The lowest BCUT2D eigenvalue weighted by molar-refractivity contribution is 0.161. The van der Waals surface area contributed by atoms with Gasteiger partial charge in [-0.05, 0) is 44.1 Å². The van der Waals surface area contributed by atoms with Gasteiger partial charge < -0.3 is 10.6 Å². The van der Waals surface area contributed by atoms with Crippen molar-refractivity contribution in [3.8, 4) is 0 Å². The van der Waals surface area contributed by atoms with Crippen molar-refractivity contribution in [2.45, 2.75) is 65.0 Å². The van der Waals surface area contributed by atoms with Crippen molar-refractivity contribution in [1.29, 1.82) is 0 Å². The summed E-state index contributed by atoms with van der Waals surface area (Å²) in [6, 6.07) is 1.01. The summed E-state index contributed by atoms with van der Waals surface area (Å²) in [5.74, 6) is 2.54. The number of fused-ring (bicyclic) bond motifs is 1. The molecule has 4 atom stereocenters. The molecule has 0 radical (unpaired) electrons. The van der Waals surface area contributed by atoms with E-state index >= 15 is 0 Å². The summed E-state index contributed by atoms with van der Waals surface area (Å²) >= 11 is 0. The molecule has 2 rings (SSSR count). The molecule has 2 unspecified atom stereocenters. The molecule has 104 valence electrons. The molecule has 0 aromatic heterocycles. The topological polar surface area (TPSA) is 24.1 Å². The first-order valence-corrected chi connectivity index (χ1v) is 7.76. The molecule has 1 aliphatic heterocycles. The maximum absolute atomic E-state index is 4.26. The second-order valence-corrected chi connectivity index (χ2v) is 6.70. The van der Waals surface area contributed by atoms with E-state index in [-0.39, 0.29) is 0 Å². The summed E-state index contributed by atoms with van der Waals surface area (Å²) in [7, 11) is 0. The van der Waals surface area contributed by atoms with Gasteiger partial charge in [0.05, 0.1) is 0 Å². The predicted molar refractivity (Wildman–Crippen MR) is 78.4 cm³/mol. The van der Waals surface area contributed by atoms with Gasteiger partial charge in [0.25, 0.3) is 0 Å². The Bertz CT molecular complexity index is 285. The largest absolute Gasteiger partial charge is 0.385 e. The van der Waals surface area contributed by atoms with Crippen molar-refractivity contribution in [1.82, 2.24) is 10.6 Å². The standard InChI is InChI=1S/C16H30N2/c1-11(2)12(3)18-13(4)16-9-14-7-5-6-8-15(14)10-17-16/h11-12,14-18H,4-10H2,1-3H3/t12-,14?,15?,16-/m0/s1. The molecule has 0 aromatic carbocycles. The van der Waals surface area contributed by atoms with Gasteiger partial charge in [0.15, 0.2) is 0 Å². The summed E-state index contributed by atoms with van der Waals surface area (Å²) in [5.41, 5.74) is 1.21. The number of rotatable bonds is 4. The van der Waals surface area contributed by atoms with Crippen molar-refractivity contribution in [2.24, 2.45) is 17.8 Å². The monoisotopic (exact) mass is 250 g/mol. The molecule has 1 heterocycles. The first-order chi connectivity index (χ1) is 8.58. The highest BCUT2D eigenvalue weighted by Crippen LogP contribution is 2.36. The molecule has 1 saturated carbocycles. The molecule has 1 saturated heterocycles. The second kappa shape index (κ2) is 6.10. The van der Waals surface area contributed by atoms with Crippen LogP contribution in [0.5, 0.6) is 0 Å². The lowest BCUT2D eigenvalue weighted by Crippen LogP contribution is -2.49. The SMILES string of the molecule is C=C(N[C@@H](C)C(C)C)[C@@H]1CC2CCCCC2CN1. The normalized spacial score (nSPS) is 33.9. The second-order valence-electron chi connectivity index (χ2n) is 6.70. The van der Waals surface area contributed by atoms with E-state index in [1.165, 1.54) is 44.3 Å². The van der Waals surface area contributed by atoms with Crippen molar-refractivity contribution >= 4 is 0 Å². The van der Waals surface area contributed by atoms with Gasteiger partial charge in [0.2, 0.25) is 0 Å². The highest BCUT2D eigenvalue weighted by molar-refractivity contribution is 5.07. The molecule has 1 aliphatic carbocycles. The number of hydrogen-bond acceptors (Lipinski definition) is 2. The van der Waals surface area contributed by atoms with Crippen LogP contribution in [0.1, 0.15) is 52.9 Å². The molecule has 2 aliphatic rings. The highest BCUT2D eigenvalue weighted by atomic mass is 15.0. The van der Waals surface area contributed by atoms with Crippen LogP contribution in [0, 0.1) is 17.8 Å². The quantitative estimate of drug-likeness (QED) is 0.800. The van der Waals surface area contributed by atoms with E-state index in [9.17, 15) is 0 Å². The van der Waals surface area contributed by atoms with E-state index in [4.69, 9.17) is 0 Å². The van der Waals surface area contributed by atoms with Gasteiger partial charge in [0, 0.05) is 17.8 Å². The third-order valence-electron chi connectivity index (χ3n) is 5.07. The minimum absolute atomic E-state index is 0.491. The molecule has 0 spiro atoms. The van der Waals surface area contributed by atoms with Crippen LogP contribution in [0.2, 0.25) is 0 Å². The van der Waals surface area contributed by atoms with Crippen LogP contribution in [-0.2, 0) is 0 Å². The molecule has 18 heavy (non-hydrogen) atoms. The van der Waals surface area contributed by atoms with Crippen LogP contribution in [0.3, 0.4) is 0 Å². The van der Waals surface area contributed by atoms with Crippen LogP contribution >= 0.6 is 0 Å². The Morgan fingerprint density at radius 3 is 2.50 bits per heavy atom. The van der Waals surface area contributed by atoms with E-state index in [0.717, 1.165) is 11.8 Å². The molecule has 0 amide bonds. The maximum atomic E-state index is 4.26. The van der Waals surface area contributed by atoms with Gasteiger partial charge in [-0.25, -0.2) is 0 Å². The molecular formula is C16H30N2. The Balaban J connectivity index is 1.84. The van der Waals surface area contributed by atoms with Crippen molar-refractivity contribution in [3.05, 3.63) is 12.3 Å². The molecule has 0 aromatic rings. The lowest BCUT2D eigenvalue weighted by atomic mass is 9.73. The fourth-order valence-corrected chi connectivity index (χ4v) is 3.37. The van der Waals surface area contributed by atoms with E-state index in [1.54, 1.807) is 0 Å². The minimum Gasteiger partial charge on any atom is -0.385 e. The summed E-state index contributed by atoms with van der Waals surface area (Å²) in [6.45, 7) is 12.2. The predicted octanol–water partition coefficient (Wildman–Crippen LogP) is 3.30. The zero-order valence-corrected chi connectivity index (χ0v) is 12.3. The van der Waals surface area contributed by atoms with Crippen LogP contribution in [-0.4, -0.2) is 18.6 Å². The summed E-state index contributed by atoms with van der Waals surface area (Å²) < 4.78 is 0. The summed E-state index contributed by atoms with van der Waals surface area (Å²) in [6.07, 6.45) is 7.05. The molecule has 2 nitrogen and oxygen atoms in total. The highest BCUT2D eigenvalue weighted by Gasteiger charge is 2.33. The summed E-state index contributed by atoms with van der Waals surface area (Å²) in [4.78, 5) is 0. The van der Waals surface area contributed by atoms with Gasteiger partial charge in [0.1, 0.15) is 0 Å². The molecule has 0 bridgehead atoms. The fourth-order valence-electron chi connectivity index (χ4n) is 3.37. The Hall–Kier alpha value is -0.500. The van der Waals surface area contributed by atoms with Crippen LogP contribution in [0.25, 0.3) is 0 Å². The first-order valence-electron chi connectivity index (χ1n) is 7.76. The van der Waals surface area contributed by atoms with Crippen molar-refractivity contribution in [2.75, 3.05) is 6.54 Å². The van der Waals surface area contributed by atoms with Crippen LogP contribution in [0.15, 0.2) is 12.3 Å². The number of hydrogen-bond donors (Lipinski definition) is 2. The molecule has 2 heteroatoms. The molecular weight excluding hydrogens is 220 g/mol. The Morgan fingerprint density at radius 2 is 1.83 bits per heavy atom. The van der Waals surface area contributed by atoms with Gasteiger partial charge in [-0.2, -0.15) is 0 Å². The van der Waals surface area contributed by atoms with Gasteiger partial charge >= 0.3 is 0 Å². The zero-order valence-electron chi connectivity index (χ0n) is 12.3. The third kappa shape index (κ3) is 3.28. The third-order valence-corrected chi connectivity index (χ3v) is 5.07. The zero-order chi connectivity index (χ0) is 13.1. The van der Waals surface area contributed by atoms with E-state index in [2.05, 4.69) is 38.0 Å². The van der Waals surface area contributed by atoms with Crippen LogP contribution < -0.4 is 10.6 Å². The van der Waals surface area contributed by atoms with Crippen molar-refractivity contribution < 1.29 is 0 Å². The Kier molecular flexibility index (Phi) is 4.71. The number of piperidine rings is 1. The van der Waals surface area contributed by atoms with E-state index in [1.807, 2.05) is 0 Å². The Morgan fingerprint density at radius 1 is 1.17 bits per heavy atom. The van der Waals surface area contributed by atoms with Gasteiger partial charge in [-0.1, -0.05) is 39.7 Å². The van der Waals surface area contributed by atoms with Gasteiger partial charge in [-0.15, -0.1) is 0 Å². The lowest BCUT2D eigenvalue weighted by Gasteiger charge is -2.41. The summed E-state index contributed by atoms with van der Waals surface area (Å²) in [5, 5.41) is 7.29. The average Bonchev–Trinajstić information content (AvgIpc) is 2.37. The van der Waals surface area contributed by atoms with E-state index < -0.39 is 0 Å². The first kappa shape index (κ1) is 13.9. The molecule has 2 N–H and O–H groups in total. The number of nitrogens with one attached hydrogen (secondary N) is 2. The fraction of sp³-hybridized carbons (Fsp3) is 0.875. The smallest absolute Gasteiger partial charge is 0.0466 e. The Labute approximate surface area is 113 Å². The van der Waals surface area contributed by atoms with Gasteiger partial charge in [-0.3, -0.25) is 0 Å². The van der Waals surface area contributed by atoms with Crippen LogP contribution in [0.4, 0.5) is 0 Å². The minimum atomic E-state index is 0.491. The maximum Gasteiger partial charge on any atom is 0.0466 e. The molecule has 2 fully saturated rings. The van der Waals surface area contributed by atoms with E-state index in [0.29, 0.717) is 18.0 Å². The van der Waals surface area contributed by atoms with Crippen molar-refractivity contribution in [3.63, 3.8) is 0 Å². The average molecular weight is 250 g/mol.